The molecule has 1 N–H and O–H groups in total. The molecule has 3 unspecified atom stereocenters. The topological polar surface area (TPSA) is 12.0 Å². The zero-order valence-corrected chi connectivity index (χ0v) is 12.5. The summed E-state index contributed by atoms with van der Waals surface area (Å²) in [6, 6.07) is 0.495. The van der Waals surface area contributed by atoms with E-state index < -0.39 is 12.1 Å². The van der Waals surface area contributed by atoms with Gasteiger partial charge >= 0.3 is 6.18 Å². The number of rotatable bonds is 4. The zero-order chi connectivity index (χ0) is 14.6. The summed E-state index contributed by atoms with van der Waals surface area (Å²) < 4.78 is 38.6. The molecular formula is C16H28F3N. The van der Waals surface area contributed by atoms with Gasteiger partial charge in [0.1, 0.15) is 0 Å². The Morgan fingerprint density at radius 1 is 1.00 bits per heavy atom. The van der Waals surface area contributed by atoms with Gasteiger partial charge in [-0.1, -0.05) is 32.6 Å². The van der Waals surface area contributed by atoms with Crippen LogP contribution in [0, 0.1) is 11.8 Å². The van der Waals surface area contributed by atoms with Gasteiger partial charge in [-0.05, 0) is 44.4 Å². The monoisotopic (exact) mass is 291 g/mol. The van der Waals surface area contributed by atoms with Crippen LogP contribution in [0.4, 0.5) is 13.2 Å². The summed E-state index contributed by atoms with van der Waals surface area (Å²) >= 11 is 0. The minimum atomic E-state index is -4.01. The molecular weight excluding hydrogens is 263 g/mol. The summed E-state index contributed by atoms with van der Waals surface area (Å²) in [7, 11) is 0. The Morgan fingerprint density at radius 3 is 2.30 bits per heavy atom. The Labute approximate surface area is 120 Å². The molecule has 0 aliphatic heterocycles. The standard InChI is InChI=1S/C16H28F3N/c1-2-15(12-7-4-3-5-8-12)20-14-10-6-9-13(11-14)16(17,18)19/h12-15,20H,2-11H2,1H3. The van der Waals surface area contributed by atoms with Gasteiger partial charge in [-0.15, -0.1) is 0 Å². The molecule has 0 aromatic rings. The molecule has 2 saturated carbocycles. The Bertz CT molecular complexity index is 284. The van der Waals surface area contributed by atoms with Gasteiger partial charge in [0.15, 0.2) is 0 Å². The SMILES string of the molecule is CCC(NC1CCCC(C(F)(F)F)C1)C1CCCCC1. The Hall–Kier alpha value is -0.250. The molecule has 0 bridgehead atoms. The molecule has 118 valence electrons. The first kappa shape index (κ1) is 16.1. The first-order chi connectivity index (χ1) is 9.50. The molecule has 0 saturated heterocycles. The number of alkyl halides is 3. The third-order valence-corrected chi connectivity index (χ3v) is 5.25. The number of halogens is 3. The van der Waals surface area contributed by atoms with E-state index in [2.05, 4.69) is 12.2 Å². The first-order valence-electron chi connectivity index (χ1n) is 8.33. The fourth-order valence-electron chi connectivity index (χ4n) is 4.07. The van der Waals surface area contributed by atoms with E-state index >= 15 is 0 Å². The van der Waals surface area contributed by atoms with Gasteiger partial charge in [0.2, 0.25) is 0 Å². The maximum Gasteiger partial charge on any atom is 0.391 e. The highest BCUT2D eigenvalue weighted by molar-refractivity contribution is 4.86. The second-order valence-electron chi connectivity index (χ2n) is 6.68. The van der Waals surface area contributed by atoms with Crippen LogP contribution in [0.5, 0.6) is 0 Å². The Balaban J connectivity index is 1.86. The lowest BCUT2D eigenvalue weighted by Gasteiger charge is -2.37. The summed E-state index contributed by atoms with van der Waals surface area (Å²) in [5, 5.41) is 3.58. The lowest BCUT2D eigenvalue weighted by Crippen LogP contribution is -2.46. The molecule has 1 nitrogen and oxygen atoms in total. The zero-order valence-electron chi connectivity index (χ0n) is 12.5. The van der Waals surface area contributed by atoms with E-state index in [4.69, 9.17) is 0 Å². The number of hydrogen-bond donors (Lipinski definition) is 1. The van der Waals surface area contributed by atoms with Crippen LogP contribution >= 0.6 is 0 Å². The smallest absolute Gasteiger partial charge is 0.311 e. The largest absolute Gasteiger partial charge is 0.391 e. The van der Waals surface area contributed by atoms with Crippen LogP contribution < -0.4 is 5.32 Å². The molecule has 2 rings (SSSR count). The molecule has 2 aliphatic rings. The van der Waals surface area contributed by atoms with Crippen molar-refractivity contribution >= 4 is 0 Å². The van der Waals surface area contributed by atoms with E-state index in [1.807, 2.05) is 0 Å². The highest BCUT2D eigenvalue weighted by Crippen LogP contribution is 2.38. The lowest BCUT2D eigenvalue weighted by molar-refractivity contribution is -0.184. The first-order valence-corrected chi connectivity index (χ1v) is 8.33. The quantitative estimate of drug-likeness (QED) is 0.763. The molecule has 0 radical (unpaired) electrons. The van der Waals surface area contributed by atoms with Crippen molar-refractivity contribution in [3.05, 3.63) is 0 Å². The second kappa shape index (κ2) is 7.15. The van der Waals surface area contributed by atoms with Crippen LogP contribution in [0.25, 0.3) is 0 Å². The maximum absolute atomic E-state index is 12.9. The Morgan fingerprint density at radius 2 is 1.70 bits per heavy atom. The Kier molecular flexibility index (Phi) is 5.76. The molecule has 0 spiro atoms. The molecule has 20 heavy (non-hydrogen) atoms. The minimum absolute atomic E-state index is 0.0715. The average molecular weight is 291 g/mol. The van der Waals surface area contributed by atoms with E-state index in [9.17, 15) is 13.2 Å². The van der Waals surface area contributed by atoms with Crippen LogP contribution in [0.1, 0.15) is 71.1 Å². The molecule has 0 aromatic carbocycles. The van der Waals surface area contributed by atoms with Crippen molar-refractivity contribution in [3.8, 4) is 0 Å². The van der Waals surface area contributed by atoms with Gasteiger partial charge in [0.05, 0.1) is 5.92 Å². The summed E-state index contributed by atoms with van der Waals surface area (Å²) in [6.45, 7) is 2.16. The van der Waals surface area contributed by atoms with Crippen molar-refractivity contribution in [1.29, 1.82) is 0 Å². The molecule has 2 aliphatic carbocycles. The van der Waals surface area contributed by atoms with Crippen molar-refractivity contribution in [1.82, 2.24) is 5.32 Å². The van der Waals surface area contributed by atoms with Gasteiger partial charge in [0.25, 0.3) is 0 Å². The third-order valence-electron chi connectivity index (χ3n) is 5.25. The summed E-state index contributed by atoms with van der Waals surface area (Å²) in [6.07, 6.45) is 5.67. The molecule has 0 aromatic heterocycles. The highest BCUT2D eigenvalue weighted by atomic mass is 19.4. The van der Waals surface area contributed by atoms with Gasteiger partial charge < -0.3 is 5.32 Å². The van der Waals surface area contributed by atoms with Gasteiger partial charge in [-0.3, -0.25) is 0 Å². The van der Waals surface area contributed by atoms with E-state index in [0.717, 1.165) is 12.8 Å². The van der Waals surface area contributed by atoms with Crippen molar-refractivity contribution in [2.45, 2.75) is 89.4 Å². The molecule has 2 fully saturated rings. The third kappa shape index (κ3) is 4.37. The van der Waals surface area contributed by atoms with Gasteiger partial charge in [-0.25, -0.2) is 0 Å². The summed E-state index contributed by atoms with van der Waals surface area (Å²) in [5.74, 6) is -0.405. The van der Waals surface area contributed by atoms with Crippen molar-refractivity contribution in [2.24, 2.45) is 11.8 Å². The van der Waals surface area contributed by atoms with Crippen LogP contribution in [0.15, 0.2) is 0 Å². The molecule has 4 heteroatoms. The van der Waals surface area contributed by atoms with Crippen LogP contribution in [-0.4, -0.2) is 18.3 Å². The minimum Gasteiger partial charge on any atom is -0.311 e. The number of hydrogen-bond acceptors (Lipinski definition) is 1. The molecule has 0 amide bonds. The van der Waals surface area contributed by atoms with Crippen molar-refractivity contribution < 1.29 is 13.2 Å². The normalized spacial score (nSPS) is 31.2. The molecule has 0 heterocycles. The number of nitrogens with one attached hydrogen (secondary N) is 1. The van der Waals surface area contributed by atoms with E-state index in [-0.39, 0.29) is 12.5 Å². The van der Waals surface area contributed by atoms with E-state index in [1.54, 1.807) is 0 Å². The van der Waals surface area contributed by atoms with Gasteiger partial charge in [-0.2, -0.15) is 13.2 Å². The lowest BCUT2D eigenvalue weighted by atomic mass is 9.80. The second-order valence-corrected chi connectivity index (χ2v) is 6.68. The predicted octanol–water partition coefficient (Wildman–Crippen LogP) is 5.06. The fourth-order valence-corrected chi connectivity index (χ4v) is 4.07. The maximum atomic E-state index is 12.9. The highest BCUT2D eigenvalue weighted by Gasteiger charge is 2.42. The van der Waals surface area contributed by atoms with E-state index in [1.165, 1.54) is 32.1 Å². The summed E-state index contributed by atoms with van der Waals surface area (Å²) in [5.41, 5.74) is 0. The van der Waals surface area contributed by atoms with Crippen LogP contribution in [0.3, 0.4) is 0 Å². The van der Waals surface area contributed by atoms with Crippen LogP contribution in [0.2, 0.25) is 0 Å². The van der Waals surface area contributed by atoms with Crippen molar-refractivity contribution in [2.75, 3.05) is 0 Å². The van der Waals surface area contributed by atoms with Gasteiger partial charge in [0, 0.05) is 12.1 Å². The average Bonchev–Trinajstić information content (AvgIpc) is 2.45. The summed E-state index contributed by atoms with van der Waals surface area (Å²) in [4.78, 5) is 0. The fraction of sp³-hybridized carbons (Fsp3) is 1.00. The predicted molar refractivity (Wildman–Crippen MR) is 75.6 cm³/mol. The van der Waals surface area contributed by atoms with Crippen LogP contribution in [-0.2, 0) is 0 Å². The van der Waals surface area contributed by atoms with Crippen molar-refractivity contribution in [3.63, 3.8) is 0 Å². The van der Waals surface area contributed by atoms with E-state index in [0.29, 0.717) is 24.8 Å². The molecule has 3 atom stereocenters.